The molecule has 2 rings (SSSR count). The fraction of sp³-hybridized carbons (Fsp3) is 0.722. The second-order valence-corrected chi connectivity index (χ2v) is 6.52. The van der Waals surface area contributed by atoms with Crippen molar-refractivity contribution in [3.63, 3.8) is 0 Å². The molecule has 1 aliphatic rings. The fourth-order valence-corrected chi connectivity index (χ4v) is 3.46. The highest BCUT2D eigenvalue weighted by Gasteiger charge is 2.41. The first-order valence-corrected chi connectivity index (χ1v) is 8.37. The molecule has 1 fully saturated rings. The Morgan fingerprint density at radius 1 is 1.33 bits per heavy atom. The van der Waals surface area contributed by atoms with E-state index in [0.717, 1.165) is 38.1 Å². The summed E-state index contributed by atoms with van der Waals surface area (Å²) in [5.41, 5.74) is 1.33. The molecular formula is C18H30N2O. The van der Waals surface area contributed by atoms with Crippen LogP contribution in [0.2, 0.25) is 0 Å². The maximum Gasteiger partial charge on any atom is 0.0834 e. The number of nitrogens with one attached hydrogen (secondary N) is 1. The van der Waals surface area contributed by atoms with Crippen LogP contribution in [0.5, 0.6) is 0 Å². The number of ether oxygens (including phenoxy) is 1. The molecule has 1 N–H and O–H groups in total. The maximum atomic E-state index is 6.08. The quantitative estimate of drug-likeness (QED) is 0.833. The lowest BCUT2D eigenvalue weighted by Gasteiger charge is -2.44. The van der Waals surface area contributed by atoms with E-state index in [0.29, 0.717) is 6.04 Å². The van der Waals surface area contributed by atoms with Crippen molar-refractivity contribution in [2.75, 3.05) is 13.7 Å². The molecule has 0 aromatic carbocycles. The van der Waals surface area contributed by atoms with E-state index in [1.54, 1.807) is 0 Å². The van der Waals surface area contributed by atoms with E-state index in [2.05, 4.69) is 36.3 Å². The highest BCUT2D eigenvalue weighted by molar-refractivity contribution is 5.14. The van der Waals surface area contributed by atoms with Crippen LogP contribution in [0.3, 0.4) is 0 Å². The standard InChI is InChI=1S/C18H30N2O/c1-4-11-20-17(14-16-7-12-19-13-8-16)18(21-3)9-5-15(2)6-10-18/h7-8,12-13,15,17,20H,4-6,9-11,14H2,1-3H3. The van der Waals surface area contributed by atoms with Crippen LogP contribution in [-0.2, 0) is 11.2 Å². The number of hydrogen-bond donors (Lipinski definition) is 1. The molecule has 0 saturated heterocycles. The van der Waals surface area contributed by atoms with Gasteiger partial charge in [0.15, 0.2) is 0 Å². The number of methoxy groups -OCH3 is 1. The van der Waals surface area contributed by atoms with Gasteiger partial charge in [0.1, 0.15) is 0 Å². The van der Waals surface area contributed by atoms with Crippen LogP contribution in [0.1, 0.15) is 51.5 Å². The van der Waals surface area contributed by atoms with Gasteiger partial charge in [-0.25, -0.2) is 0 Å². The van der Waals surface area contributed by atoms with Gasteiger partial charge in [0.25, 0.3) is 0 Å². The SMILES string of the molecule is CCCNC(Cc1ccncc1)C1(OC)CCC(C)CC1. The van der Waals surface area contributed by atoms with Gasteiger partial charge in [0, 0.05) is 25.5 Å². The zero-order valence-corrected chi connectivity index (χ0v) is 13.8. The number of pyridine rings is 1. The fourth-order valence-electron chi connectivity index (χ4n) is 3.46. The molecule has 0 aliphatic heterocycles. The van der Waals surface area contributed by atoms with Gasteiger partial charge in [0.05, 0.1) is 5.60 Å². The summed E-state index contributed by atoms with van der Waals surface area (Å²) < 4.78 is 6.08. The molecular weight excluding hydrogens is 260 g/mol. The summed E-state index contributed by atoms with van der Waals surface area (Å²) in [7, 11) is 1.89. The van der Waals surface area contributed by atoms with Crippen molar-refractivity contribution >= 4 is 0 Å². The monoisotopic (exact) mass is 290 g/mol. The Kier molecular flexibility index (Phi) is 6.19. The highest BCUT2D eigenvalue weighted by atomic mass is 16.5. The van der Waals surface area contributed by atoms with E-state index in [1.165, 1.54) is 18.4 Å². The van der Waals surface area contributed by atoms with Crippen molar-refractivity contribution in [3.05, 3.63) is 30.1 Å². The second-order valence-electron chi connectivity index (χ2n) is 6.52. The van der Waals surface area contributed by atoms with Gasteiger partial charge in [-0.3, -0.25) is 4.98 Å². The number of nitrogens with zero attached hydrogens (tertiary/aromatic N) is 1. The van der Waals surface area contributed by atoms with Gasteiger partial charge >= 0.3 is 0 Å². The van der Waals surface area contributed by atoms with Crippen molar-refractivity contribution in [2.24, 2.45) is 5.92 Å². The first-order valence-electron chi connectivity index (χ1n) is 8.37. The molecule has 1 aromatic heterocycles. The van der Waals surface area contributed by atoms with Gasteiger partial charge in [-0.05, 0) is 68.7 Å². The number of rotatable bonds is 7. The molecule has 0 spiro atoms. The number of aromatic nitrogens is 1. The van der Waals surface area contributed by atoms with Crippen LogP contribution in [0.15, 0.2) is 24.5 Å². The predicted octanol–water partition coefficient (Wildman–Crippen LogP) is 3.59. The zero-order chi connectivity index (χ0) is 15.1. The van der Waals surface area contributed by atoms with Gasteiger partial charge < -0.3 is 10.1 Å². The smallest absolute Gasteiger partial charge is 0.0834 e. The minimum atomic E-state index is -0.00898. The van der Waals surface area contributed by atoms with E-state index in [-0.39, 0.29) is 5.60 Å². The van der Waals surface area contributed by atoms with Gasteiger partial charge in [0.2, 0.25) is 0 Å². The molecule has 21 heavy (non-hydrogen) atoms. The lowest BCUT2D eigenvalue weighted by atomic mass is 9.73. The molecule has 0 radical (unpaired) electrons. The van der Waals surface area contributed by atoms with Gasteiger partial charge in [-0.1, -0.05) is 13.8 Å². The van der Waals surface area contributed by atoms with E-state index >= 15 is 0 Å². The normalized spacial score (nSPS) is 27.5. The minimum absolute atomic E-state index is 0.00898. The second kappa shape index (κ2) is 7.90. The predicted molar refractivity (Wildman–Crippen MR) is 87.4 cm³/mol. The lowest BCUT2D eigenvalue weighted by Crippen LogP contribution is -2.55. The van der Waals surface area contributed by atoms with Crippen molar-refractivity contribution in [1.82, 2.24) is 10.3 Å². The first-order chi connectivity index (χ1) is 10.2. The summed E-state index contributed by atoms with van der Waals surface area (Å²) in [6.07, 6.45) is 10.8. The average Bonchev–Trinajstić information content (AvgIpc) is 2.54. The van der Waals surface area contributed by atoms with Gasteiger partial charge in [-0.2, -0.15) is 0 Å². The number of hydrogen-bond acceptors (Lipinski definition) is 3. The molecule has 1 saturated carbocycles. The molecule has 0 bridgehead atoms. The third kappa shape index (κ3) is 4.27. The lowest BCUT2D eigenvalue weighted by molar-refractivity contribution is -0.0745. The molecule has 1 unspecified atom stereocenters. The molecule has 1 aliphatic carbocycles. The van der Waals surface area contributed by atoms with Crippen molar-refractivity contribution < 1.29 is 4.74 Å². The summed E-state index contributed by atoms with van der Waals surface area (Å²) in [5.74, 6) is 0.834. The largest absolute Gasteiger partial charge is 0.377 e. The molecule has 118 valence electrons. The summed E-state index contributed by atoms with van der Waals surface area (Å²) in [6.45, 7) is 5.63. The van der Waals surface area contributed by atoms with E-state index in [9.17, 15) is 0 Å². The van der Waals surface area contributed by atoms with Crippen molar-refractivity contribution in [2.45, 2.75) is 64.0 Å². The Bertz CT molecular complexity index is 399. The summed E-state index contributed by atoms with van der Waals surface area (Å²) in [6, 6.07) is 4.63. The Morgan fingerprint density at radius 2 is 2.00 bits per heavy atom. The summed E-state index contributed by atoms with van der Waals surface area (Å²) in [5, 5.41) is 3.75. The van der Waals surface area contributed by atoms with Crippen molar-refractivity contribution in [1.29, 1.82) is 0 Å². The Morgan fingerprint density at radius 3 is 2.57 bits per heavy atom. The zero-order valence-electron chi connectivity index (χ0n) is 13.8. The average molecular weight is 290 g/mol. The third-order valence-electron chi connectivity index (χ3n) is 4.99. The molecule has 1 atom stereocenters. The molecule has 0 amide bonds. The first kappa shape index (κ1) is 16.4. The van der Waals surface area contributed by atoms with Crippen LogP contribution in [0.4, 0.5) is 0 Å². The summed E-state index contributed by atoms with van der Waals surface area (Å²) in [4.78, 5) is 4.12. The topological polar surface area (TPSA) is 34.2 Å². The van der Waals surface area contributed by atoms with Crippen molar-refractivity contribution in [3.8, 4) is 0 Å². The Labute approximate surface area is 129 Å². The molecule has 1 aromatic rings. The van der Waals surface area contributed by atoms with Gasteiger partial charge in [-0.15, -0.1) is 0 Å². The van der Waals surface area contributed by atoms with Crippen LogP contribution in [-0.4, -0.2) is 30.3 Å². The van der Waals surface area contributed by atoms with Crippen LogP contribution < -0.4 is 5.32 Å². The van der Waals surface area contributed by atoms with E-state index in [4.69, 9.17) is 4.74 Å². The van der Waals surface area contributed by atoms with Crippen LogP contribution in [0.25, 0.3) is 0 Å². The molecule has 3 heteroatoms. The van der Waals surface area contributed by atoms with Crippen LogP contribution >= 0.6 is 0 Å². The Hall–Kier alpha value is -0.930. The highest BCUT2D eigenvalue weighted by Crippen LogP contribution is 2.37. The Balaban J connectivity index is 2.13. The molecule has 1 heterocycles. The van der Waals surface area contributed by atoms with E-state index in [1.807, 2.05) is 19.5 Å². The van der Waals surface area contributed by atoms with E-state index < -0.39 is 0 Å². The van der Waals surface area contributed by atoms with Crippen LogP contribution in [0, 0.1) is 5.92 Å². The summed E-state index contributed by atoms with van der Waals surface area (Å²) >= 11 is 0. The molecule has 3 nitrogen and oxygen atoms in total. The third-order valence-corrected chi connectivity index (χ3v) is 4.99. The maximum absolute atomic E-state index is 6.08. The minimum Gasteiger partial charge on any atom is -0.377 e.